The Morgan fingerprint density at radius 1 is 1.17 bits per heavy atom. The standard InChI is InChI=1S/C16H19N5O2/c22-15(14-17-16(23)19-18-14)21-11-9-20(10-12-21)8-4-7-13-5-2-1-3-6-13/h1-7H,8-12H2,(H2,17,18,19,23)/b7-4+. The third kappa shape index (κ3) is 3.95. The molecule has 0 bridgehead atoms. The van der Waals surface area contributed by atoms with Gasteiger partial charge in [0.15, 0.2) is 0 Å². The smallest absolute Gasteiger partial charge is 0.333 e. The summed E-state index contributed by atoms with van der Waals surface area (Å²) in [5.74, 6) is -0.157. The highest BCUT2D eigenvalue weighted by Gasteiger charge is 2.23. The Kier molecular flexibility index (Phi) is 4.68. The molecule has 3 rings (SSSR count). The second-order valence-corrected chi connectivity index (χ2v) is 5.43. The Hall–Kier alpha value is -2.67. The Labute approximate surface area is 133 Å². The maximum absolute atomic E-state index is 12.2. The highest BCUT2D eigenvalue weighted by molar-refractivity contribution is 5.90. The number of nitrogens with one attached hydrogen (secondary N) is 2. The average Bonchev–Trinajstić information content (AvgIpc) is 3.02. The number of carbonyl (C=O) groups is 1. The molecule has 7 nitrogen and oxygen atoms in total. The van der Waals surface area contributed by atoms with Gasteiger partial charge in [-0.2, -0.15) is 0 Å². The Morgan fingerprint density at radius 2 is 1.91 bits per heavy atom. The van der Waals surface area contributed by atoms with Gasteiger partial charge >= 0.3 is 5.69 Å². The van der Waals surface area contributed by atoms with Gasteiger partial charge < -0.3 is 4.90 Å². The molecule has 0 atom stereocenters. The molecule has 1 saturated heterocycles. The van der Waals surface area contributed by atoms with Crippen LogP contribution in [-0.4, -0.2) is 63.6 Å². The van der Waals surface area contributed by atoms with Gasteiger partial charge in [0.25, 0.3) is 5.91 Å². The van der Waals surface area contributed by atoms with Crippen molar-refractivity contribution in [3.05, 3.63) is 58.3 Å². The molecule has 0 radical (unpaired) electrons. The van der Waals surface area contributed by atoms with E-state index in [1.54, 1.807) is 4.90 Å². The molecule has 2 heterocycles. The molecule has 2 N–H and O–H groups in total. The van der Waals surface area contributed by atoms with E-state index in [0.29, 0.717) is 13.1 Å². The molecule has 0 saturated carbocycles. The summed E-state index contributed by atoms with van der Waals surface area (Å²) in [6, 6.07) is 10.2. The predicted octanol–water partition coefficient (Wildman–Crippen LogP) is 0.569. The van der Waals surface area contributed by atoms with Gasteiger partial charge in [0.2, 0.25) is 5.82 Å². The van der Waals surface area contributed by atoms with E-state index < -0.39 is 5.69 Å². The molecule has 1 aliphatic heterocycles. The molecular weight excluding hydrogens is 294 g/mol. The molecular formula is C16H19N5O2. The lowest BCUT2D eigenvalue weighted by Gasteiger charge is -2.33. The highest BCUT2D eigenvalue weighted by Crippen LogP contribution is 2.06. The van der Waals surface area contributed by atoms with Crippen LogP contribution in [0.5, 0.6) is 0 Å². The molecule has 2 aromatic rings. The molecule has 1 amide bonds. The number of carbonyl (C=O) groups excluding carboxylic acids is 1. The summed E-state index contributed by atoms with van der Waals surface area (Å²) in [4.78, 5) is 29.6. The summed E-state index contributed by atoms with van der Waals surface area (Å²) in [5.41, 5.74) is 0.724. The van der Waals surface area contributed by atoms with Gasteiger partial charge in [-0.3, -0.25) is 14.7 Å². The number of hydrogen-bond donors (Lipinski definition) is 2. The summed E-state index contributed by atoms with van der Waals surface area (Å²) in [6.07, 6.45) is 4.24. The first-order valence-electron chi connectivity index (χ1n) is 7.60. The minimum atomic E-state index is -0.460. The largest absolute Gasteiger partial charge is 0.341 e. The van der Waals surface area contributed by atoms with Crippen LogP contribution in [0.15, 0.2) is 41.2 Å². The van der Waals surface area contributed by atoms with Gasteiger partial charge in [0, 0.05) is 32.7 Å². The SMILES string of the molecule is O=C(c1n[nH]c(=O)[nH]1)N1CCN(C/C=C/c2ccccc2)CC1. The number of nitrogens with zero attached hydrogens (tertiary/aromatic N) is 3. The van der Waals surface area contributed by atoms with Crippen molar-refractivity contribution >= 4 is 12.0 Å². The van der Waals surface area contributed by atoms with Crippen LogP contribution >= 0.6 is 0 Å². The lowest BCUT2D eigenvalue weighted by atomic mass is 10.2. The van der Waals surface area contributed by atoms with Crippen molar-refractivity contribution < 1.29 is 4.79 Å². The second-order valence-electron chi connectivity index (χ2n) is 5.43. The van der Waals surface area contributed by atoms with Crippen LogP contribution in [0.3, 0.4) is 0 Å². The Morgan fingerprint density at radius 3 is 2.57 bits per heavy atom. The first-order chi connectivity index (χ1) is 11.2. The Bertz CT molecular complexity index is 726. The number of aromatic nitrogens is 3. The van der Waals surface area contributed by atoms with Crippen LogP contribution in [0, 0.1) is 0 Å². The number of benzene rings is 1. The third-order valence-corrected chi connectivity index (χ3v) is 3.84. The van der Waals surface area contributed by atoms with Crippen molar-refractivity contribution in [3.8, 4) is 0 Å². The van der Waals surface area contributed by atoms with E-state index in [1.165, 1.54) is 5.56 Å². The van der Waals surface area contributed by atoms with E-state index in [1.807, 2.05) is 18.2 Å². The monoisotopic (exact) mass is 313 g/mol. The van der Waals surface area contributed by atoms with Gasteiger partial charge in [0.1, 0.15) is 0 Å². The number of hydrogen-bond acceptors (Lipinski definition) is 4. The predicted molar refractivity (Wildman–Crippen MR) is 87.0 cm³/mol. The first kappa shape index (κ1) is 15.2. The van der Waals surface area contributed by atoms with Crippen molar-refractivity contribution in [1.29, 1.82) is 0 Å². The Balaban J connectivity index is 1.48. The van der Waals surface area contributed by atoms with Crippen LogP contribution in [0.1, 0.15) is 16.2 Å². The van der Waals surface area contributed by atoms with Gasteiger partial charge in [-0.15, -0.1) is 5.10 Å². The second kappa shape index (κ2) is 7.06. The molecule has 7 heteroatoms. The minimum absolute atomic E-state index is 0.0763. The molecule has 0 unspecified atom stereocenters. The van der Waals surface area contributed by atoms with Crippen LogP contribution in [0.4, 0.5) is 0 Å². The highest BCUT2D eigenvalue weighted by atomic mass is 16.2. The lowest BCUT2D eigenvalue weighted by molar-refractivity contribution is 0.0638. The third-order valence-electron chi connectivity index (χ3n) is 3.84. The molecule has 120 valence electrons. The van der Waals surface area contributed by atoms with Crippen molar-refractivity contribution in [2.24, 2.45) is 0 Å². The van der Waals surface area contributed by atoms with E-state index in [0.717, 1.165) is 19.6 Å². The van der Waals surface area contributed by atoms with Gasteiger partial charge in [-0.25, -0.2) is 9.89 Å². The summed E-state index contributed by atoms with van der Waals surface area (Å²) < 4.78 is 0. The van der Waals surface area contributed by atoms with E-state index in [9.17, 15) is 9.59 Å². The molecule has 1 aliphatic rings. The summed E-state index contributed by atoms with van der Waals surface area (Å²) >= 11 is 0. The molecule has 1 fully saturated rings. The zero-order chi connectivity index (χ0) is 16.1. The number of piperazine rings is 1. The van der Waals surface area contributed by atoms with Crippen LogP contribution < -0.4 is 5.69 Å². The molecule has 1 aromatic heterocycles. The van der Waals surface area contributed by atoms with Crippen molar-refractivity contribution in [3.63, 3.8) is 0 Å². The molecule has 23 heavy (non-hydrogen) atoms. The molecule has 0 spiro atoms. The number of rotatable bonds is 4. The fourth-order valence-corrected chi connectivity index (χ4v) is 2.56. The fourth-order valence-electron chi connectivity index (χ4n) is 2.56. The minimum Gasteiger partial charge on any atom is -0.333 e. The topological polar surface area (TPSA) is 85.1 Å². The van der Waals surface area contributed by atoms with Crippen molar-refractivity contribution in [2.75, 3.05) is 32.7 Å². The number of aromatic amines is 2. The van der Waals surface area contributed by atoms with Gasteiger partial charge in [-0.1, -0.05) is 42.5 Å². The fraction of sp³-hybridized carbons (Fsp3) is 0.312. The zero-order valence-electron chi connectivity index (χ0n) is 12.7. The van der Waals surface area contributed by atoms with Gasteiger partial charge in [-0.05, 0) is 5.56 Å². The zero-order valence-corrected chi connectivity index (χ0v) is 12.7. The summed E-state index contributed by atoms with van der Waals surface area (Å²) in [7, 11) is 0. The summed E-state index contributed by atoms with van der Waals surface area (Å²) in [5, 5.41) is 5.90. The number of amides is 1. The normalized spacial score (nSPS) is 16.1. The lowest BCUT2D eigenvalue weighted by Crippen LogP contribution is -2.48. The van der Waals surface area contributed by atoms with Gasteiger partial charge in [0.05, 0.1) is 0 Å². The molecule has 1 aromatic carbocycles. The van der Waals surface area contributed by atoms with E-state index >= 15 is 0 Å². The van der Waals surface area contributed by atoms with E-state index in [-0.39, 0.29) is 11.7 Å². The van der Waals surface area contributed by atoms with Crippen LogP contribution in [0.25, 0.3) is 6.08 Å². The quantitative estimate of drug-likeness (QED) is 0.864. The van der Waals surface area contributed by atoms with Crippen molar-refractivity contribution in [1.82, 2.24) is 25.0 Å². The van der Waals surface area contributed by atoms with E-state index in [4.69, 9.17) is 0 Å². The average molecular weight is 313 g/mol. The maximum atomic E-state index is 12.2. The van der Waals surface area contributed by atoms with Crippen LogP contribution in [0.2, 0.25) is 0 Å². The molecule has 0 aliphatic carbocycles. The van der Waals surface area contributed by atoms with Crippen LogP contribution in [-0.2, 0) is 0 Å². The number of H-pyrrole nitrogens is 2. The van der Waals surface area contributed by atoms with E-state index in [2.05, 4.69) is 44.4 Å². The maximum Gasteiger partial charge on any atom is 0.341 e. The first-order valence-corrected chi connectivity index (χ1v) is 7.60. The summed E-state index contributed by atoms with van der Waals surface area (Å²) in [6.45, 7) is 3.73. The van der Waals surface area contributed by atoms with Crippen molar-refractivity contribution in [2.45, 2.75) is 0 Å².